The summed E-state index contributed by atoms with van der Waals surface area (Å²) in [6, 6.07) is 5.41. The van der Waals surface area contributed by atoms with E-state index in [0.717, 1.165) is 12.8 Å². The number of piperidine rings is 1. The predicted octanol–water partition coefficient (Wildman–Crippen LogP) is 4.03. The Kier molecular flexibility index (Phi) is 6.75. The van der Waals surface area contributed by atoms with Gasteiger partial charge in [-0.15, -0.1) is 0 Å². The average Bonchev–Trinajstić information content (AvgIpc) is 2.55. The number of amides is 1. The fraction of sp³-hybridized carbons (Fsp3) is 0.611. The molecule has 6 heteroatoms. The summed E-state index contributed by atoms with van der Waals surface area (Å²) in [6.07, 6.45) is 0.564. The quantitative estimate of drug-likeness (QED) is 0.866. The van der Waals surface area contributed by atoms with E-state index in [1.165, 1.54) is 0 Å². The Morgan fingerprint density at radius 3 is 2.58 bits per heavy atom. The maximum atomic E-state index is 12.0. The SMILES string of the molecule is CC(C)COC(=O)N1CCC(Oc2cccc([C@H](C)O)c2Cl)CC1. The van der Waals surface area contributed by atoms with E-state index >= 15 is 0 Å². The van der Waals surface area contributed by atoms with E-state index in [9.17, 15) is 9.90 Å². The highest BCUT2D eigenvalue weighted by molar-refractivity contribution is 6.32. The summed E-state index contributed by atoms with van der Waals surface area (Å²) in [5.74, 6) is 0.911. The number of carbonyl (C=O) groups is 1. The van der Waals surface area contributed by atoms with E-state index in [2.05, 4.69) is 0 Å². The van der Waals surface area contributed by atoms with Crippen LogP contribution in [0.1, 0.15) is 45.3 Å². The molecule has 0 spiro atoms. The average molecular weight is 356 g/mol. The number of likely N-dealkylation sites (tertiary alicyclic amines) is 1. The molecule has 2 rings (SSSR count). The summed E-state index contributed by atoms with van der Waals surface area (Å²) < 4.78 is 11.2. The standard InChI is InChI=1S/C18H26ClNO4/c1-12(2)11-23-18(22)20-9-7-14(8-10-20)24-16-6-4-5-15(13(3)21)17(16)19/h4-6,12-14,21H,7-11H2,1-3H3/t13-/m0/s1. The summed E-state index contributed by atoms with van der Waals surface area (Å²) in [4.78, 5) is 13.7. The first-order valence-corrected chi connectivity index (χ1v) is 8.81. The lowest BCUT2D eigenvalue weighted by Crippen LogP contribution is -2.42. The van der Waals surface area contributed by atoms with Crippen molar-refractivity contribution in [2.24, 2.45) is 5.92 Å². The van der Waals surface area contributed by atoms with Crippen LogP contribution < -0.4 is 4.74 Å². The van der Waals surface area contributed by atoms with Gasteiger partial charge in [0.05, 0.1) is 17.7 Å². The third kappa shape index (κ3) is 5.02. The molecular weight excluding hydrogens is 330 g/mol. The molecule has 1 atom stereocenters. The fourth-order valence-electron chi connectivity index (χ4n) is 2.61. The summed E-state index contributed by atoms with van der Waals surface area (Å²) >= 11 is 6.30. The van der Waals surface area contributed by atoms with Gasteiger partial charge in [0.15, 0.2) is 0 Å². The highest BCUT2D eigenvalue weighted by Crippen LogP contribution is 2.33. The van der Waals surface area contributed by atoms with Crippen molar-refractivity contribution in [2.75, 3.05) is 19.7 Å². The number of aliphatic hydroxyl groups is 1. The highest BCUT2D eigenvalue weighted by atomic mass is 35.5. The van der Waals surface area contributed by atoms with Crippen molar-refractivity contribution in [2.45, 2.75) is 45.8 Å². The van der Waals surface area contributed by atoms with Crippen LogP contribution in [0.4, 0.5) is 4.79 Å². The van der Waals surface area contributed by atoms with Crippen LogP contribution in [0.2, 0.25) is 5.02 Å². The molecule has 1 aromatic rings. The van der Waals surface area contributed by atoms with Crippen molar-refractivity contribution in [1.29, 1.82) is 0 Å². The minimum absolute atomic E-state index is 0.000831. The smallest absolute Gasteiger partial charge is 0.409 e. The molecular formula is C18H26ClNO4. The van der Waals surface area contributed by atoms with Gasteiger partial charge in [0.25, 0.3) is 0 Å². The molecule has 0 unspecified atom stereocenters. The van der Waals surface area contributed by atoms with Gasteiger partial charge >= 0.3 is 6.09 Å². The fourth-order valence-corrected chi connectivity index (χ4v) is 2.93. The van der Waals surface area contributed by atoms with Gasteiger partial charge in [-0.05, 0) is 18.9 Å². The van der Waals surface area contributed by atoms with Crippen LogP contribution in [0.15, 0.2) is 18.2 Å². The molecule has 0 radical (unpaired) electrons. The Bertz CT molecular complexity index is 554. The lowest BCUT2D eigenvalue weighted by atomic mass is 10.1. The number of hydrogen-bond acceptors (Lipinski definition) is 4. The number of aliphatic hydroxyl groups excluding tert-OH is 1. The molecule has 0 saturated carbocycles. The lowest BCUT2D eigenvalue weighted by Gasteiger charge is -2.32. The number of hydrogen-bond donors (Lipinski definition) is 1. The van der Waals surface area contributed by atoms with Crippen LogP contribution >= 0.6 is 11.6 Å². The topological polar surface area (TPSA) is 59.0 Å². The summed E-state index contributed by atoms with van der Waals surface area (Å²) in [6.45, 7) is 7.35. The first kappa shape index (κ1) is 18.9. The lowest BCUT2D eigenvalue weighted by molar-refractivity contribution is 0.0617. The van der Waals surface area contributed by atoms with Crippen LogP contribution in [0.25, 0.3) is 0 Å². The van der Waals surface area contributed by atoms with Gasteiger partial charge in [-0.25, -0.2) is 4.79 Å². The first-order chi connectivity index (χ1) is 11.4. The van der Waals surface area contributed by atoms with E-state index in [1.54, 1.807) is 24.0 Å². The van der Waals surface area contributed by atoms with E-state index < -0.39 is 6.10 Å². The van der Waals surface area contributed by atoms with Gasteiger partial charge in [0, 0.05) is 31.5 Å². The second-order valence-corrected chi connectivity index (χ2v) is 6.99. The van der Waals surface area contributed by atoms with Gasteiger partial charge < -0.3 is 19.5 Å². The second-order valence-electron chi connectivity index (χ2n) is 6.61. The summed E-state index contributed by atoms with van der Waals surface area (Å²) in [7, 11) is 0. The summed E-state index contributed by atoms with van der Waals surface area (Å²) in [5, 5.41) is 10.2. The molecule has 1 aliphatic heterocycles. The zero-order valence-electron chi connectivity index (χ0n) is 14.5. The third-order valence-corrected chi connectivity index (χ3v) is 4.38. The molecule has 5 nitrogen and oxygen atoms in total. The Hall–Kier alpha value is -1.46. The van der Waals surface area contributed by atoms with Crippen molar-refractivity contribution < 1.29 is 19.4 Å². The van der Waals surface area contributed by atoms with Crippen LogP contribution in [0, 0.1) is 5.92 Å². The molecule has 1 heterocycles. The molecule has 1 fully saturated rings. The van der Waals surface area contributed by atoms with Crippen molar-refractivity contribution in [3.63, 3.8) is 0 Å². The number of nitrogens with zero attached hydrogens (tertiary/aromatic N) is 1. The normalized spacial score (nSPS) is 17.0. The third-order valence-electron chi connectivity index (χ3n) is 3.98. The Balaban J connectivity index is 1.87. The minimum Gasteiger partial charge on any atom is -0.489 e. The molecule has 0 aliphatic carbocycles. The minimum atomic E-state index is -0.640. The summed E-state index contributed by atoms with van der Waals surface area (Å²) in [5.41, 5.74) is 0.656. The molecule has 1 aliphatic rings. The Morgan fingerprint density at radius 2 is 2.00 bits per heavy atom. The van der Waals surface area contributed by atoms with Crippen molar-refractivity contribution in [1.82, 2.24) is 4.90 Å². The number of benzene rings is 1. The maximum Gasteiger partial charge on any atom is 0.409 e. The van der Waals surface area contributed by atoms with Gasteiger partial charge in [-0.1, -0.05) is 37.6 Å². The van der Waals surface area contributed by atoms with E-state index in [4.69, 9.17) is 21.1 Å². The first-order valence-electron chi connectivity index (χ1n) is 8.43. The zero-order chi connectivity index (χ0) is 17.7. The van der Waals surface area contributed by atoms with Crippen LogP contribution in [-0.2, 0) is 4.74 Å². The predicted molar refractivity (Wildman–Crippen MR) is 93.5 cm³/mol. The maximum absolute atomic E-state index is 12.0. The van der Waals surface area contributed by atoms with Crippen molar-refractivity contribution >= 4 is 17.7 Å². The molecule has 24 heavy (non-hydrogen) atoms. The van der Waals surface area contributed by atoms with Gasteiger partial charge in [-0.3, -0.25) is 0 Å². The second kappa shape index (κ2) is 8.58. The Labute approximate surface area is 148 Å². The van der Waals surface area contributed by atoms with E-state index in [1.807, 2.05) is 19.9 Å². The molecule has 0 aromatic heterocycles. The number of rotatable bonds is 5. The van der Waals surface area contributed by atoms with Crippen molar-refractivity contribution in [3.8, 4) is 5.75 Å². The van der Waals surface area contributed by atoms with Crippen molar-refractivity contribution in [3.05, 3.63) is 28.8 Å². The molecule has 1 N–H and O–H groups in total. The monoisotopic (exact) mass is 355 g/mol. The molecule has 0 bridgehead atoms. The molecule has 1 aromatic carbocycles. The van der Waals surface area contributed by atoms with E-state index in [0.29, 0.717) is 41.9 Å². The van der Waals surface area contributed by atoms with Gasteiger partial charge in [0.1, 0.15) is 11.9 Å². The number of ether oxygens (including phenoxy) is 2. The van der Waals surface area contributed by atoms with Gasteiger partial charge in [0.2, 0.25) is 0 Å². The van der Waals surface area contributed by atoms with Crippen LogP contribution in [0.5, 0.6) is 5.75 Å². The van der Waals surface area contributed by atoms with E-state index in [-0.39, 0.29) is 12.2 Å². The molecule has 134 valence electrons. The largest absolute Gasteiger partial charge is 0.489 e. The molecule has 1 amide bonds. The van der Waals surface area contributed by atoms with Crippen LogP contribution in [-0.4, -0.2) is 41.9 Å². The van der Waals surface area contributed by atoms with Gasteiger partial charge in [-0.2, -0.15) is 0 Å². The Morgan fingerprint density at radius 1 is 1.33 bits per heavy atom. The van der Waals surface area contributed by atoms with Crippen LogP contribution in [0.3, 0.4) is 0 Å². The number of carbonyl (C=O) groups excluding carboxylic acids is 1. The zero-order valence-corrected chi connectivity index (χ0v) is 15.3. The molecule has 1 saturated heterocycles. The highest BCUT2D eigenvalue weighted by Gasteiger charge is 2.25. The number of halogens is 1.